The molecule has 0 aromatic carbocycles. The van der Waals surface area contributed by atoms with Crippen molar-refractivity contribution in [3.63, 3.8) is 0 Å². The van der Waals surface area contributed by atoms with Crippen LogP contribution in [-0.4, -0.2) is 10.9 Å². The molecule has 1 rings (SSSR count). The summed E-state index contributed by atoms with van der Waals surface area (Å²) in [4.78, 5) is 15.6. The van der Waals surface area contributed by atoms with Crippen LogP contribution in [0.5, 0.6) is 0 Å². The minimum atomic E-state index is 0.0750. The molecular weight excluding hydrogens is 210 g/mol. The van der Waals surface area contributed by atoms with E-state index >= 15 is 0 Å². The fraction of sp³-hybridized carbons (Fsp3) is 0.600. The molecule has 0 aliphatic heterocycles. The third kappa shape index (κ3) is 3.87. The van der Waals surface area contributed by atoms with Gasteiger partial charge in [-0.15, -0.1) is 11.3 Å². The van der Waals surface area contributed by atoms with Gasteiger partial charge in [0.15, 0.2) is 5.13 Å². The highest BCUT2D eigenvalue weighted by Gasteiger charge is 2.11. The molecule has 0 aliphatic carbocycles. The first-order chi connectivity index (χ1) is 7.13. The van der Waals surface area contributed by atoms with Crippen LogP contribution < -0.4 is 11.1 Å². The Balaban J connectivity index is 2.34. The van der Waals surface area contributed by atoms with Crippen molar-refractivity contribution in [2.24, 2.45) is 5.92 Å². The molecule has 5 heteroatoms. The second-order valence-corrected chi connectivity index (χ2v) is 4.47. The average molecular weight is 227 g/mol. The van der Waals surface area contributed by atoms with E-state index in [9.17, 15) is 4.79 Å². The first kappa shape index (κ1) is 12.0. The molecule has 0 bridgehead atoms. The maximum Gasteiger partial charge on any atom is 0.223 e. The molecule has 1 atom stereocenters. The molecule has 84 valence electrons. The van der Waals surface area contributed by atoms with Crippen molar-refractivity contribution in [2.45, 2.75) is 33.2 Å². The van der Waals surface area contributed by atoms with Gasteiger partial charge in [-0.25, -0.2) is 4.98 Å². The molecule has 0 fully saturated rings. The molecule has 1 unspecified atom stereocenters. The number of rotatable bonds is 5. The van der Waals surface area contributed by atoms with Crippen LogP contribution in [0.4, 0.5) is 5.13 Å². The average Bonchev–Trinajstić information content (AvgIpc) is 2.61. The number of hydrogen-bond acceptors (Lipinski definition) is 4. The molecule has 3 N–H and O–H groups in total. The van der Waals surface area contributed by atoms with Crippen molar-refractivity contribution >= 4 is 22.4 Å². The fourth-order valence-corrected chi connectivity index (χ4v) is 1.88. The Morgan fingerprint density at radius 2 is 2.47 bits per heavy atom. The van der Waals surface area contributed by atoms with Crippen molar-refractivity contribution in [2.75, 3.05) is 5.73 Å². The quantitative estimate of drug-likeness (QED) is 0.805. The van der Waals surface area contributed by atoms with Gasteiger partial charge in [-0.3, -0.25) is 4.79 Å². The van der Waals surface area contributed by atoms with Gasteiger partial charge in [0.25, 0.3) is 0 Å². The Morgan fingerprint density at radius 3 is 3.00 bits per heavy atom. The number of nitrogens with one attached hydrogen (secondary N) is 1. The highest BCUT2D eigenvalue weighted by Crippen LogP contribution is 2.11. The molecule has 1 aromatic heterocycles. The predicted molar refractivity (Wildman–Crippen MR) is 62.4 cm³/mol. The van der Waals surface area contributed by atoms with E-state index in [1.165, 1.54) is 11.3 Å². The van der Waals surface area contributed by atoms with Gasteiger partial charge < -0.3 is 11.1 Å². The monoisotopic (exact) mass is 227 g/mol. The van der Waals surface area contributed by atoms with Crippen molar-refractivity contribution < 1.29 is 4.79 Å². The first-order valence-electron chi connectivity index (χ1n) is 5.11. The van der Waals surface area contributed by atoms with Gasteiger partial charge in [0, 0.05) is 11.3 Å². The predicted octanol–water partition coefficient (Wildman–Crippen LogP) is 1.78. The van der Waals surface area contributed by atoms with Gasteiger partial charge in [0.05, 0.1) is 12.2 Å². The number of amides is 1. The number of nitrogen functional groups attached to an aromatic ring is 1. The van der Waals surface area contributed by atoms with Crippen LogP contribution in [-0.2, 0) is 11.3 Å². The Morgan fingerprint density at radius 1 is 1.73 bits per heavy atom. The van der Waals surface area contributed by atoms with Gasteiger partial charge in [-0.2, -0.15) is 0 Å². The standard InChI is InChI=1S/C10H17N3OS/c1-3-4-7(2)9(14)12-5-8-6-15-10(11)13-8/h6-7H,3-5H2,1-2H3,(H2,11,13)(H,12,14). The third-order valence-corrected chi connectivity index (χ3v) is 2.91. The maximum atomic E-state index is 11.5. The van der Waals surface area contributed by atoms with E-state index in [-0.39, 0.29) is 11.8 Å². The number of thiazole rings is 1. The number of carbonyl (C=O) groups is 1. The Labute approximate surface area is 93.9 Å². The summed E-state index contributed by atoms with van der Waals surface area (Å²) >= 11 is 1.39. The van der Waals surface area contributed by atoms with Crippen LogP contribution in [0.2, 0.25) is 0 Å². The van der Waals surface area contributed by atoms with Crippen molar-refractivity contribution in [3.8, 4) is 0 Å². The zero-order valence-electron chi connectivity index (χ0n) is 9.12. The van der Waals surface area contributed by atoms with E-state index in [1.54, 1.807) is 0 Å². The molecule has 4 nitrogen and oxygen atoms in total. The SMILES string of the molecule is CCCC(C)C(=O)NCc1csc(N)n1. The Hall–Kier alpha value is -1.10. The summed E-state index contributed by atoms with van der Waals surface area (Å²) in [5.74, 6) is 0.161. The number of nitrogens with two attached hydrogens (primary N) is 1. The van der Waals surface area contributed by atoms with E-state index < -0.39 is 0 Å². The van der Waals surface area contributed by atoms with E-state index in [0.29, 0.717) is 11.7 Å². The lowest BCUT2D eigenvalue weighted by atomic mass is 10.1. The van der Waals surface area contributed by atoms with Crippen LogP contribution in [0, 0.1) is 5.92 Å². The van der Waals surface area contributed by atoms with Gasteiger partial charge in [0.2, 0.25) is 5.91 Å². The zero-order chi connectivity index (χ0) is 11.3. The number of nitrogens with zero attached hydrogens (tertiary/aromatic N) is 1. The van der Waals surface area contributed by atoms with Gasteiger partial charge in [-0.05, 0) is 6.42 Å². The Kier molecular flexibility index (Phi) is 4.55. The van der Waals surface area contributed by atoms with Crippen LogP contribution in [0.3, 0.4) is 0 Å². The van der Waals surface area contributed by atoms with Crippen molar-refractivity contribution in [1.29, 1.82) is 0 Å². The highest BCUT2D eigenvalue weighted by molar-refractivity contribution is 7.13. The molecule has 1 aromatic rings. The summed E-state index contributed by atoms with van der Waals surface area (Å²) in [6.45, 7) is 4.49. The number of carbonyl (C=O) groups excluding carboxylic acids is 1. The summed E-state index contributed by atoms with van der Waals surface area (Å²) in [5, 5.41) is 5.25. The minimum Gasteiger partial charge on any atom is -0.375 e. The number of aromatic nitrogens is 1. The van der Waals surface area contributed by atoms with Gasteiger partial charge in [0.1, 0.15) is 0 Å². The number of anilines is 1. The van der Waals surface area contributed by atoms with Gasteiger partial charge in [-0.1, -0.05) is 20.3 Å². The molecular formula is C10H17N3OS. The molecule has 0 aliphatic rings. The van der Waals surface area contributed by atoms with E-state index in [0.717, 1.165) is 18.5 Å². The molecule has 1 heterocycles. The molecule has 0 spiro atoms. The van der Waals surface area contributed by atoms with E-state index in [1.807, 2.05) is 12.3 Å². The summed E-state index contributed by atoms with van der Waals surface area (Å²) in [6, 6.07) is 0. The van der Waals surface area contributed by atoms with Crippen molar-refractivity contribution in [1.82, 2.24) is 10.3 Å². The lowest BCUT2D eigenvalue weighted by Crippen LogP contribution is -2.28. The van der Waals surface area contributed by atoms with Crippen molar-refractivity contribution in [3.05, 3.63) is 11.1 Å². The molecule has 1 amide bonds. The smallest absolute Gasteiger partial charge is 0.223 e. The highest BCUT2D eigenvalue weighted by atomic mass is 32.1. The fourth-order valence-electron chi connectivity index (χ4n) is 1.32. The first-order valence-corrected chi connectivity index (χ1v) is 5.99. The molecule has 0 radical (unpaired) electrons. The lowest BCUT2D eigenvalue weighted by molar-refractivity contribution is -0.124. The lowest BCUT2D eigenvalue weighted by Gasteiger charge is -2.09. The van der Waals surface area contributed by atoms with Crippen LogP contribution in [0.25, 0.3) is 0 Å². The minimum absolute atomic E-state index is 0.0750. The second-order valence-electron chi connectivity index (χ2n) is 3.58. The second kappa shape index (κ2) is 5.70. The Bertz CT molecular complexity index is 324. The van der Waals surface area contributed by atoms with Crippen LogP contribution in [0.15, 0.2) is 5.38 Å². The zero-order valence-corrected chi connectivity index (χ0v) is 9.93. The van der Waals surface area contributed by atoms with E-state index in [2.05, 4.69) is 17.2 Å². The van der Waals surface area contributed by atoms with Gasteiger partial charge >= 0.3 is 0 Å². The summed E-state index contributed by atoms with van der Waals surface area (Å²) in [7, 11) is 0. The largest absolute Gasteiger partial charge is 0.375 e. The normalized spacial score (nSPS) is 12.4. The van der Waals surface area contributed by atoms with Crippen LogP contribution >= 0.6 is 11.3 Å². The summed E-state index contributed by atoms with van der Waals surface area (Å²) in [5.41, 5.74) is 6.32. The topological polar surface area (TPSA) is 68.0 Å². The van der Waals surface area contributed by atoms with E-state index in [4.69, 9.17) is 5.73 Å². The van der Waals surface area contributed by atoms with Crippen LogP contribution in [0.1, 0.15) is 32.4 Å². The molecule has 15 heavy (non-hydrogen) atoms. The third-order valence-electron chi connectivity index (χ3n) is 2.18. The molecule has 0 saturated carbocycles. The summed E-state index contributed by atoms with van der Waals surface area (Å²) < 4.78 is 0. The molecule has 0 saturated heterocycles. The maximum absolute atomic E-state index is 11.5. The summed E-state index contributed by atoms with van der Waals surface area (Å²) in [6.07, 6.45) is 1.95. The number of hydrogen-bond donors (Lipinski definition) is 2.